The maximum atomic E-state index is 13.1. The Morgan fingerprint density at radius 3 is 2.97 bits per heavy atom. The van der Waals surface area contributed by atoms with Crippen LogP contribution in [-0.4, -0.2) is 45.3 Å². The summed E-state index contributed by atoms with van der Waals surface area (Å²) in [5.74, 6) is 0.837. The van der Waals surface area contributed by atoms with Crippen LogP contribution in [0.4, 0.5) is 0 Å². The predicted octanol–water partition coefficient (Wildman–Crippen LogP) is 3.29. The average Bonchev–Trinajstić information content (AvgIpc) is 3.38. The highest BCUT2D eigenvalue weighted by atomic mass is 32.2. The van der Waals surface area contributed by atoms with E-state index < -0.39 is 0 Å². The highest BCUT2D eigenvalue weighted by Crippen LogP contribution is 2.28. The van der Waals surface area contributed by atoms with Crippen molar-refractivity contribution < 1.29 is 4.74 Å². The molecule has 0 radical (unpaired) electrons. The number of thioether (sulfide) groups is 1. The highest BCUT2D eigenvalue weighted by molar-refractivity contribution is 8.00. The molecule has 3 aromatic rings. The molecule has 0 saturated carbocycles. The fourth-order valence-electron chi connectivity index (χ4n) is 3.96. The van der Waals surface area contributed by atoms with Gasteiger partial charge in [-0.25, -0.2) is 4.98 Å². The van der Waals surface area contributed by atoms with Crippen molar-refractivity contribution in [1.82, 2.24) is 19.5 Å². The van der Waals surface area contributed by atoms with Gasteiger partial charge in [0.15, 0.2) is 4.34 Å². The summed E-state index contributed by atoms with van der Waals surface area (Å²) in [7, 11) is 0. The van der Waals surface area contributed by atoms with E-state index >= 15 is 0 Å². The molecule has 5 rings (SSSR count). The van der Waals surface area contributed by atoms with Gasteiger partial charge in [0.25, 0.3) is 5.56 Å². The second-order valence-corrected chi connectivity index (χ2v) is 9.98. The minimum atomic E-state index is -0.0134. The molecule has 8 heteroatoms. The summed E-state index contributed by atoms with van der Waals surface area (Å²) in [4.78, 5) is 20.9. The number of aryl methyl sites for hydroxylation is 1. The van der Waals surface area contributed by atoms with Gasteiger partial charge in [0.05, 0.1) is 17.4 Å². The highest BCUT2D eigenvalue weighted by Gasteiger charge is 2.26. The van der Waals surface area contributed by atoms with Crippen LogP contribution in [0, 0.1) is 6.92 Å². The molecule has 152 valence electrons. The number of aromatic nitrogens is 3. The van der Waals surface area contributed by atoms with Crippen molar-refractivity contribution in [3.63, 3.8) is 0 Å². The standard InChI is InChI=1S/C21H24N4O2S2/c1-14-4-6-15(7-5-14)13-28-21-23-25-19(26)17-12-24(11-16-3-2-10-27-16)9-8-18(17)22-20(25)29-21/h4-7,16H,2-3,8-13H2,1H3/t16-/m0/s1. The summed E-state index contributed by atoms with van der Waals surface area (Å²) >= 11 is 3.16. The van der Waals surface area contributed by atoms with Crippen molar-refractivity contribution in [3.8, 4) is 0 Å². The van der Waals surface area contributed by atoms with Crippen molar-refractivity contribution in [2.75, 3.05) is 19.7 Å². The monoisotopic (exact) mass is 428 g/mol. The van der Waals surface area contributed by atoms with E-state index in [2.05, 4.69) is 41.2 Å². The molecule has 0 aliphatic carbocycles. The molecule has 2 aliphatic heterocycles. The van der Waals surface area contributed by atoms with Gasteiger partial charge < -0.3 is 4.74 Å². The molecule has 0 amide bonds. The minimum Gasteiger partial charge on any atom is -0.377 e. The van der Waals surface area contributed by atoms with Crippen LogP contribution in [-0.2, 0) is 23.5 Å². The lowest BCUT2D eigenvalue weighted by molar-refractivity contribution is 0.0683. The van der Waals surface area contributed by atoms with Crippen molar-refractivity contribution in [2.24, 2.45) is 0 Å². The zero-order chi connectivity index (χ0) is 19.8. The molecular formula is C21H24N4O2S2. The Balaban J connectivity index is 1.34. The fraction of sp³-hybridized carbons (Fsp3) is 0.476. The number of rotatable bonds is 5. The third kappa shape index (κ3) is 4.12. The Hall–Kier alpha value is -1.74. The van der Waals surface area contributed by atoms with Crippen LogP contribution in [0.25, 0.3) is 4.96 Å². The maximum absolute atomic E-state index is 13.1. The number of hydrogen-bond acceptors (Lipinski definition) is 7. The molecule has 1 atom stereocenters. The van der Waals surface area contributed by atoms with Gasteiger partial charge in [-0.05, 0) is 25.3 Å². The van der Waals surface area contributed by atoms with Crippen LogP contribution in [0.15, 0.2) is 33.4 Å². The van der Waals surface area contributed by atoms with Crippen molar-refractivity contribution >= 4 is 28.1 Å². The number of nitrogens with zero attached hydrogens (tertiary/aromatic N) is 4. The first-order valence-electron chi connectivity index (χ1n) is 10.1. The van der Waals surface area contributed by atoms with Crippen LogP contribution in [0.5, 0.6) is 0 Å². The van der Waals surface area contributed by atoms with Crippen LogP contribution >= 0.6 is 23.1 Å². The first-order chi connectivity index (χ1) is 14.2. The number of ether oxygens (including phenoxy) is 1. The van der Waals surface area contributed by atoms with Crippen LogP contribution in [0.3, 0.4) is 0 Å². The SMILES string of the molecule is Cc1ccc(CSc2nn3c(=O)c4c(nc3s2)CCN(C[C@@H]2CCCO2)C4)cc1. The van der Waals surface area contributed by atoms with Crippen LogP contribution in [0.2, 0.25) is 0 Å². The number of fused-ring (bicyclic) bond motifs is 2. The Morgan fingerprint density at radius 2 is 2.17 bits per heavy atom. The van der Waals surface area contributed by atoms with Gasteiger partial charge in [-0.3, -0.25) is 9.69 Å². The molecule has 1 fully saturated rings. The molecule has 0 bridgehead atoms. The van der Waals surface area contributed by atoms with E-state index in [0.717, 1.165) is 60.3 Å². The summed E-state index contributed by atoms with van der Waals surface area (Å²) in [5, 5.41) is 4.56. The van der Waals surface area contributed by atoms with E-state index in [-0.39, 0.29) is 5.56 Å². The molecule has 4 heterocycles. The average molecular weight is 429 g/mol. The molecule has 2 aromatic heterocycles. The minimum absolute atomic E-state index is 0.0134. The van der Waals surface area contributed by atoms with E-state index in [1.165, 1.54) is 27.0 Å². The third-order valence-corrected chi connectivity index (χ3v) is 7.70. The van der Waals surface area contributed by atoms with Crippen molar-refractivity contribution in [3.05, 3.63) is 57.0 Å². The molecule has 29 heavy (non-hydrogen) atoms. The smallest absolute Gasteiger partial charge is 0.279 e. The third-order valence-electron chi connectivity index (χ3n) is 5.59. The van der Waals surface area contributed by atoms with E-state index in [4.69, 9.17) is 9.72 Å². The summed E-state index contributed by atoms with van der Waals surface area (Å²) in [5.41, 5.74) is 4.24. The van der Waals surface area contributed by atoms with Gasteiger partial charge in [0, 0.05) is 38.4 Å². The lowest BCUT2D eigenvalue weighted by Crippen LogP contribution is -2.40. The van der Waals surface area contributed by atoms with E-state index in [9.17, 15) is 4.79 Å². The quantitative estimate of drug-likeness (QED) is 0.581. The summed E-state index contributed by atoms with van der Waals surface area (Å²) in [6.07, 6.45) is 3.38. The molecular weight excluding hydrogens is 404 g/mol. The second kappa shape index (κ2) is 8.18. The predicted molar refractivity (Wildman–Crippen MR) is 116 cm³/mol. The van der Waals surface area contributed by atoms with Crippen LogP contribution in [0.1, 0.15) is 35.2 Å². The first kappa shape index (κ1) is 19.2. The number of hydrogen-bond donors (Lipinski definition) is 0. The first-order valence-corrected chi connectivity index (χ1v) is 11.9. The van der Waals surface area contributed by atoms with Gasteiger partial charge in [-0.2, -0.15) is 4.52 Å². The zero-order valence-electron chi connectivity index (χ0n) is 16.5. The fourth-order valence-corrected chi connectivity index (χ4v) is 5.86. The Bertz CT molecular complexity index is 1070. The summed E-state index contributed by atoms with van der Waals surface area (Å²) in [6, 6.07) is 8.52. The molecule has 1 saturated heterocycles. The maximum Gasteiger partial charge on any atom is 0.279 e. The Kier molecular flexibility index (Phi) is 5.43. The normalized spacial score (nSPS) is 19.7. The van der Waals surface area contributed by atoms with E-state index in [1.807, 2.05) is 0 Å². The lowest BCUT2D eigenvalue weighted by Gasteiger charge is -2.29. The molecule has 0 spiro atoms. The van der Waals surface area contributed by atoms with Crippen molar-refractivity contribution in [1.29, 1.82) is 0 Å². The lowest BCUT2D eigenvalue weighted by atomic mass is 10.1. The number of benzene rings is 1. The Labute approximate surface area is 177 Å². The topological polar surface area (TPSA) is 59.7 Å². The molecule has 0 N–H and O–H groups in total. The van der Waals surface area contributed by atoms with Gasteiger partial charge in [0.2, 0.25) is 4.96 Å². The Morgan fingerprint density at radius 1 is 1.31 bits per heavy atom. The summed E-state index contributed by atoms with van der Waals surface area (Å²) in [6.45, 7) is 5.43. The zero-order valence-corrected chi connectivity index (χ0v) is 18.1. The van der Waals surface area contributed by atoms with Gasteiger partial charge in [0.1, 0.15) is 0 Å². The summed E-state index contributed by atoms with van der Waals surface area (Å²) < 4.78 is 8.14. The van der Waals surface area contributed by atoms with Crippen molar-refractivity contribution in [2.45, 2.75) is 48.9 Å². The largest absolute Gasteiger partial charge is 0.377 e. The van der Waals surface area contributed by atoms with E-state index in [1.54, 1.807) is 11.8 Å². The van der Waals surface area contributed by atoms with Gasteiger partial charge in [-0.15, -0.1) is 5.10 Å². The van der Waals surface area contributed by atoms with Gasteiger partial charge in [-0.1, -0.05) is 52.9 Å². The molecule has 1 aromatic carbocycles. The van der Waals surface area contributed by atoms with E-state index in [0.29, 0.717) is 17.6 Å². The van der Waals surface area contributed by atoms with Crippen LogP contribution < -0.4 is 5.56 Å². The molecule has 0 unspecified atom stereocenters. The molecule has 6 nitrogen and oxygen atoms in total. The molecule has 2 aliphatic rings. The van der Waals surface area contributed by atoms with Gasteiger partial charge >= 0.3 is 0 Å². The second-order valence-electron chi connectivity index (χ2n) is 7.80.